The van der Waals surface area contributed by atoms with E-state index in [9.17, 15) is 9.59 Å². The van der Waals surface area contributed by atoms with Gasteiger partial charge in [0.05, 0.1) is 0 Å². The Bertz CT molecular complexity index is 271. The van der Waals surface area contributed by atoms with E-state index in [1.807, 2.05) is 11.8 Å². The molecule has 2 unspecified atom stereocenters. The Hall–Kier alpha value is -0.710. The Morgan fingerprint density at radius 2 is 2.00 bits per heavy atom. The summed E-state index contributed by atoms with van der Waals surface area (Å²) >= 11 is 1.81. The van der Waals surface area contributed by atoms with Gasteiger partial charge in [0, 0.05) is 6.54 Å². The highest BCUT2D eigenvalue weighted by Gasteiger charge is 2.34. The maximum absolute atomic E-state index is 11.9. The van der Waals surface area contributed by atoms with Crippen LogP contribution < -0.4 is 5.32 Å². The van der Waals surface area contributed by atoms with Crippen molar-refractivity contribution in [3.63, 3.8) is 0 Å². The summed E-state index contributed by atoms with van der Waals surface area (Å²) in [6.07, 6.45) is 4.13. The van der Waals surface area contributed by atoms with Gasteiger partial charge in [-0.2, -0.15) is 11.8 Å². The number of carbonyl (C=O) groups excluding carboxylic acids is 2. The summed E-state index contributed by atoms with van der Waals surface area (Å²) in [5.74, 6) is 1.10. The number of rotatable bonds is 5. The molecule has 0 bridgehead atoms. The minimum Gasteiger partial charge on any atom is -0.343 e. The van der Waals surface area contributed by atoms with Gasteiger partial charge in [-0.1, -0.05) is 0 Å². The molecule has 0 aliphatic carbocycles. The standard InChI is InChI=1S/C11H20N2O2S/c1-8-11(15)13(6-4-5-7-16-3)9(2)10(14)12-8/h8-9H,4-7H2,1-3H3,(H,12,14). The van der Waals surface area contributed by atoms with E-state index in [1.165, 1.54) is 0 Å². The first-order valence-electron chi connectivity index (χ1n) is 5.67. The van der Waals surface area contributed by atoms with Crippen LogP contribution in [0.4, 0.5) is 0 Å². The molecule has 0 radical (unpaired) electrons. The Balaban J connectivity index is 2.47. The zero-order chi connectivity index (χ0) is 12.1. The van der Waals surface area contributed by atoms with Crippen molar-refractivity contribution in [2.24, 2.45) is 0 Å². The summed E-state index contributed by atoms with van der Waals surface area (Å²) in [5, 5.41) is 2.68. The SMILES string of the molecule is CSCCCCN1C(=O)C(C)NC(=O)C1C. The second kappa shape index (κ2) is 6.13. The van der Waals surface area contributed by atoms with Crippen LogP contribution in [0.15, 0.2) is 0 Å². The van der Waals surface area contributed by atoms with Gasteiger partial charge in [-0.15, -0.1) is 0 Å². The molecule has 2 atom stereocenters. The van der Waals surface area contributed by atoms with E-state index in [1.54, 1.807) is 18.7 Å². The lowest BCUT2D eigenvalue weighted by Gasteiger charge is -2.36. The van der Waals surface area contributed by atoms with E-state index in [0.29, 0.717) is 6.54 Å². The summed E-state index contributed by atoms with van der Waals surface area (Å²) in [5.41, 5.74) is 0. The quantitative estimate of drug-likeness (QED) is 0.730. The molecule has 1 N–H and O–H groups in total. The number of thioether (sulfide) groups is 1. The van der Waals surface area contributed by atoms with Crippen molar-refractivity contribution in [3.8, 4) is 0 Å². The van der Waals surface area contributed by atoms with Crippen LogP contribution in [0, 0.1) is 0 Å². The molecule has 1 fully saturated rings. The lowest BCUT2D eigenvalue weighted by molar-refractivity contribution is -0.148. The average Bonchev–Trinajstić information content (AvgIpc) is 2.25. The summed E-state index contributed by atoms with van der Waals surface area (Å²) in [7, 11) is 0. The fraction of sp³-hybridized carbons (Fsp3) is 0.818. The number of nitrogens with one attached hydrogen (secondary N) is 1. The number of unbranched alkanes of at least 4 members (excludes halogenated alkanes) is 1. The number of amides is 2. The van der Waals surface area contributed by atoms with Gasteiger partial charge in [-0.05, 0) is 38.7 Å². The van der Waals surface area contributed by atoms with E-state index in [4.69, 9.17) is 0 Å². The maximum atomic E-state index is 11.9. The third kappa shape index (κ3) is 3.14. The van der Waals surface area contributed by atoms with Gasteiger partial charge >= 0.3 is 0 Å². The van der Waals surface area contributed by atoms with E-state index >= 15 is 0 Å². The maximum Gasteiger partial charge on any atom is 0.245 e. The Morgan fingerprint density at radius 1 is 1.31 bits per heavy atom. The fourth-order valence-electron chi connectivity index (χ4n) is 1.81. The average molecular weight is 244 g/mol. The van der Waals surface area contributed by atoms with E-state index in [-0.39, 0.29) is 23.9 Å². The van der Waals surface area contributed by atoms with E-state index in [2.05, 4.69) is 11.6 Å². The molecule has 1 aliphatic heterocycles. The Morgan fingerprint density at radius 3 is 2.62 bits per heavy atom. The molecule has 0 saturated carbocycles. The van der Waals surface area contributed by atoms with Crippen LogP contribution in [-0.2, 0) is 9.59 Å². The molecule has 0 aromatic heterocycles. The molecular weight excluding hydrogens is 224 g/mol. The lowest BCUT2D eigenvalue weighted by atomic mass is 10.1. The van der Waals surface area contributed by atoms with E-state index in [0.717, 1.165) is 18.6 Å². The molecule has 2 amide bonds. The van der Waals surface area contributed by atoms with Crippen molar-refractivity contribution in [1.82, 2.24) is 10.2 Å². The predicted molar refractivity (Wildman–Crippen MR) is 66.4 cm³/mol. The second-order valence-corrected chi connectivity index (χ2v) is 5.12. The van der Waals surface area contributed by atoms with Crippen LogP contribution >= 0.6 is 11.8 Å². The third-order valence-corrected chi connectivity index (χ3v) is 3.55. The molecule has 16 heavy (non-hydrogen) atoms. The van der Waals surface area contributed by atoms with Crippen molar-refractivity contribution in [1.29, 1.82) is 0 Å². The van der Waals surface area contributed by atoms with Crippen molar-refractivity contribution in [2.45, 2.75) is 38.8 Å². The number of nitrogens with zero attached hydrogens (tertiary/aromatic N) is 1. The fourth-order valence-corrected chi connectivity index (χ4v) is 2.30. The molecular formula is C11H20N2O2S. The zero-order valence-corrected chi connectivity index (χ0v) is 11.0. The molecule has 5 heteroatoms. The molecule has 0 aromatic carbocycles. The predicted octanol–water partition coefficient (Wildman–Crippen LogP) is 0.865. The van der Waals surface area contributed by atoms with Crippen molar-refractivity contribution >= 4 is 23.6 Å². The summed E-state index contributed by atoms with van der Waals surface area (Å²) in [4.78, 5) is 25.1. The first-order valence-corrected chi connectivity index (χ1v) is 7.07. The van der Waals surface area contributed by atoms with Crippen LogP contribution in [0.1, 0.15) is 26.7 Å². The molecule has 1 saturated heterocycles. The largest absolute Gasteiger partial charge is 0.343 e. The van der Waals surface area contributed by atoms with Gasteiger partial charge in [0.2, 0.25) is 11.8 Å². The number of piperazine rings is 1. The summed E-state index contributed by atoms with van der Waals surface area (Å²) < 4.78 is 0. The Kier molecular flexibility index (Phi) is 5.12. The van der Waals surface area contributed by atoms with Gasteiger partial charge in [0.15, 0.2) is 0 Å². The monoisotopic (exact) mass is 244 g/mol. The molecule has 0 spiro atoms. The summed E-state index contributed by atoms with van der Waals surface area (Å²) in [6.45, 7) is 4.22. The van der Waals surface area contributed by atoms with Crippen molar-refractivity contribution < 1.29 is 9.59 Å². The zero-order valence-electron chi connectivity index (χ0n) is 10.2. The van der Waals surface area contributed by atoms with Gasteiger partial charge in [-0.3, -0.25) is 9.59 Å². The van der Waals surface area contributed by atoms with Crippen LogP contribution in [0.5, 0.6) is 0 Å². The van der Waals surface area contributed by atoms with Gasteiger partial charge in [0.1, 0.15) is 12.1 Å². The molecule has 1 heterocycles. The molecule has 1 aliphatic rings. The van der Waals surface area contributed by atoms with Crippen molar-refractivity contribution in [3.05, 3.63) is 0 Å². The van der Waals surface area contributed by atoms with Crippen LogP contribution in [0.2, 0.25) is 0 Å². The van der Waals surface area contributed by atoms with Gasteiger partial charge in [0.25, 0.3) is 0 Å². The van der Waals surface area contributed by atoms with E-state index < -0.39 is 0 Å². The number of carbonyl (C=O) groups is 2. The highest BCUT2D eigenvalue weighted by molar-refractivity contribution is 7.98. The van der Waals surface area contributed by atoms with Crippen LogP contribution in [0.3, 0.4) is 0 Å². The molecule has 4 nitrogen and oxygen atoms in total. The number of hydrogen-bond acceptors (Lipinski definition) is 3. The minimum atomic E-state index is -0.371. The summed E-state index contributed by atoms with van der Waals surface area (Å²) in [6, 6.07) is -0.692. The van der Waals surface area contributed by atoms with Crippen LogP contribution in [0.25, 0.3) is 0 Å². The normalized spacial score (nSPS) is 25.8. The van der Waals surface area contributed by atoms with Crippen molar-refractivity contribution in [2.75, 3.05) is 18.6 Å². The highest BCUT2D eigenvalue weighted by Crippen LogP contribution is 2.11. The number of hydrogen-bond donors (Lipinski definition) is 1. The first-order chi connectivity index (χ1) is 7.57. The van der Waals surface area contributed by atoms with Crippen LogP contribution in [-0.4, -0.2) is 47.4 Å². The third-order valence-electron chi connectivity index (χ3n) is 2.86. The molecule has 1 rings (SSSR count). The smallest absolute Gasteiger partial charge is 0.245 e. The lowest BCUT2D eigenvalue weighted by Crippen LogP contribution is -2.61. The molecule has 92 valence electrons. The second-order valence-electron chi connectivity index (χ2n) is 4.14. The first kappa shape index (κ1) is 13.4. The highest BCUT2D eigenvalue weighted by atomic mass is 32.2. The Labute approximate surface area is 101 Å². The molecule has 0 aromatic rings. The van der Waals surface area contributed by atoms with Gasteiger partial charge in [-0.25, -0.2) is 0 Å². The topological polar surface area (TPSA) is 49.4 Å². The van der Waals surface area contributed by atoms with Gasteiger partial charge < -0.3 is 10.2 Å². The minimum absolute atomic E-state index is 0.0382.